The molecule has 0 bridgehead atoms. The van der Waals surface area contributed by atoms with E-state index in [1.54, 1.807) is 24.3 Å². The molecular formula is C28H33Cl2N3O3S2. The van der Waals surface area contributed by atoms with Crippen LogP contribution in [0.4, 0.5) is 5.69 Å². The van der Waals surface area contributed by atoms with Crippen LogP contribution >= 0.6 is 34.5 Å². The van der Waals surface area contributed by atoms with E-state index >= 15 is 0 Å². The topological polar surface area (TPSA) is 78.5 Å². The maximum atomic E-state index is 13.1. The highest BCUT2D eigenvalue weighted by Crippen LogP contribution is 2.40. The average molecular weight is 595 g/mol. The molecule has 1 fully saturated rings. The number of benzene rings is 2. The van der Waals surface area contributed by atoms with E-state index in [0.717, 1.165) is 25.7 Å². The van der Waals surface area contributed by atoms with Crippen molar-refractivity contribution in [2.24, 2.45) is 11.8 Å². The van der Waals surface area contributed by atoms with Gasteiger partial charge in [0.15, 0.2) is 9.84 Å². The maximum absolute atomic E-state index is 13.1. The Kier molecular flexibility index (Phi) is 9.76. The standard InChI is InChI=1S/C28H33Cl2N3O3S2/c1-33(2)27(26-8-5-15-37-26)20-11-9-19(10-12-20)17-31-28(34)22-6-3-4-7-25(22)32-18-38(35,36)21-13-14-23(29)24(30)16-21/h3-8,13-16,19-20,27,32H,9-12,17-18H2,1-2H3,(H,31,34). The zero-order chi connectivity index (χ0) is 27.3. The average Bonchev–Trinajstić information content (AvgIpc) is 3.43. The number of carbonyl (C=O) groups excluding carboxylic acids is 1. The first-order valence-electron chi connectivity index (χ1n) is 12.6. The molecule has 2 N–H and O–H groups in total. The van der Waals surface area contributed by atoms with Gasteiger partial charge in [-0.3, -0.25) is 4.79 Å². The van der Waals surface area contributed by atoms with Gasteiger partial charge in [0.2, 0.25) is 0 Å². The third-order valence-electron chi connectivity index (χ3n) is 7.15. The van der Waals surface area contributed by atoms with Crippen LogP contribution in [-0.2, 0) is 9.84 Å². The number of nitrogens with one attached hydrogen (secondary N) is 2. The molecule has 0 spiro atoms. The summed E-state index contributed by atoms with van der Waals surface area (Å²) in [5.74, 6) is 0.442. The van der Waals surface area contributed by atoms with Crippen molar-refractivity contribution in [2.75, 3.05) is 31.8 Å². The second-order valence-corrected chi connectivity index (χ2v) is 13.8. The van der Waals surface area contributed by atoms with Gasteiger partial charge in [0.05, 0.1) is 20.5 Å². The Labute approximate surface area is 239 Å². The number of amides is 1. The molecule has 38 heavy (non-hydrogen) atoms. The molecule has 10 heteroatoms. The molecule has 0 radical (unpaired) electrons. The molecule has 0 saturated heterocycles. The lowest BCUT2D eigenvalue weighted by atomic mass is 9.77. The maximum Gasteiger partial charge on any atom is 0.253 e. The largest absolute Gasteiger partial charge is 0.371 e. The number of carbonyl (C=O) groups is 1. The minimum Gasteiger partial charge on any atom is -0.371 e. The molecule has 1 atom stereocenters. The number of rotatable bonds is 10. The third-order valence-corrected chi connectivity index (χ3v) is 10.3. The molecule has 204 valence electrons. The van der Waals surface area contributed by atoms with Crippen molar-refractivity contribution in [1.82, 2.24) is 10.2 Å². The quantitative estimate of drug-likeness (QED) is 0.272. The number of hydrogen-bond donors (Lipinski definition) is 2. The summed E-state index contributed by atoms with van der Waals surface area (Å²) in [5.41, 5.74) is 0.873. The van der Waals surface area contributed by atoms with Crippen molar-refractivity contribution >= 4 is 56.0 Å². The molecule has 4 rings (SSSR count). The minimum absolute atomic E-state index is 0.0625. The molecule has 3 aromatic rings. The summed E-state index contributed by atoms with van der Waals surface area (Å²) in [6.45, 7) is 0.604. The summed E-state index contributed by atoms with van der Waals surface area (Å²) in [7, 11) is 0.608. The van der Waals surface area contributed by atoms with Gasteiger partial charge in [0.1, 0.15) is 5.88 Å². The third kappa shape index (κ3) is 7.10. The molecule has 0 aliphatic heterocycles. The van der Waals surface area contributed by atoms with E-state index in [4.69, 9.17) is 23.2 Å². The van der Waals surface area contributed by atoms with Crippen molar-refractivity contribution in [3.63, 3.8) is 0 Å². The lowest BCUT2D eigenvalue weighted by Crippen LogP contribution is -2.34. The highest BCUT2D eigenvalue weighted by atomic mass is 35.5. The van der Waals surface area contributed by atoms with Crippen molar-refractivity contribution < 1.29 is 13.2 Å². The van der Waals surface area contributed by atoms with E-state index in [2.05, 4.69) is 47.1 Å². The van der Waals surface area contributed by atoms with Crippen LogP contribution in [0.15, 0.2) is 64.9 Å². The van der Waals surface area contributed by atoms with Crippen LogP contribution in [-0.4, -0.2) is 45.7 Å². The summed E-state index contributed by atoms with van der Waals surface area (Å²) in [6, 6.07) is 15.9. The number of sulfone groups is 1. The van der Waals surface area contributed by atoms with Crippen LogP contribution in [0.5, 0.6) is 0 Å². The molecule has 6 nitrogen and oxygen atoms in total. The lowest BCUT2D eigenvalue weighted by molar-refractivity contribution is 0.0935. The van der Waals surface area contributed by atoms with Gasteiger partial charge in [-0.15, -0.1) is 11.3 Å². The monoisotopic (exact) mass is 593 g/mol. The first-order valence-corrected chi connectivity index (χ1v) is 15.9. The van der Waals surface area contributed by atoms with E-state index < -0.39 is 9.84 Å². The molecule has 1 unspecified atom stereocenters. The second-order valence-electron chi connectivity index (χ2n) is 9.97. The summed E-state index contributed by atoms with van der Waals surface area (Å²) >= 11 is 13.7. The fraction of sp³-hybridized carbons (Fsp3) is 0.393. The molecule has 1 heterocycles. The first-order chi connectivity index (χ1) is 18.2. The highest BCUT2D eigenvalue weighted by molar-refractivity contribution is 7.91. The van der Waals surface area contributed by atoms with Crippen LogP contribution in [0.2, 0.25) is 10.0 Å². The smallest absolute Gasteiger partial charge is 0.253 e. The predicted octanol–water partition coefficient (Wildman–Crippen LogP) is 6.74. The van der Waals surface area contributed by atoms with E-state index in [9.17, 15) is 13.2 Å². The molecule has 1 aromatic heterocycles. The number of nitrogens with zero attached hydrogens (tertiary/aromatic N) is 1. The Balaban J connectivity index is 1.32. The Bertz CT molecular complexity index is 1340. The zero-order valence-corrected chi connectivity index (χ0v) is 24.6. The fourth-order valence-corrected chi connectivity index (χ4v) is 7.63. The van der Waals surface area contributed by atoms with Crippen molar-refractivity contribution in [3.05, 3.63) is 80.5 Å². The van der Waals surface area contributed by atoms with Gasteiger partial charge in [-0.1, -0.05) is 41.4 Å². The highest BCUT2D eigenvalue weighted by Gasteiger charge is 2.30. The van der Waals surface area contributed by atoms with Gasteiger partial charge in [-0.05, 0) is 93.4 Å². The fourth-order valence-electron chi connectivity index (χ4n) is 5.17. The van der Waals surface area contributed by atoms with Crippen LogP contribution in [0.1, 0.15) is 47.0 Å². The Morgan fingerprint density at radius 1 is 1.03 bits per heavy atom. The second kappa shape index (κ2) is 12.8. The molecule has 1 saturated carbocycles. The first kappa shape index (κ1) is 28.9. The van der Waals surface area contributed by atoms with Crippen molar-refractivity contribution in [2.45, 2.75) is 36.6 Å². The zero-order valence-electron chi connectivity index (χ0n) is 21.5. The molecule has 1 amide bonds. The predicted molar refractivity (Wildman–Crippen MR) is 157 cm³/mol. The number of thiophene rings is 1. The van der Waals surface area contributed by atoms with E-state index in [0.29, 0.717) is 35.7 Å². The minimum atomic E-state index is -3.69. The van der Waals surface area contributed by atoms with Crippen LogP contribution in [0.3, 0.4) is 0 Å². The van der Waals surface area contributed by atoms with Crippen LogP contribution in [0, 0.1) is 11.8 Å². The number of hydrogen-bond acceptors (Lipinski definition) is 6. The number of para-hydroxylation sites is 1. The van der Waals surface area contributed by atoms with E-state index in [1.807, 2.05) is 11.3 Å². The summed E-state index contributed by atoms with van der Waals surface area (Å²) < 4.78 is 25.6. The van der Waals surface area contributed by atoms with Gasteiger partial charge in [-0.25, -0.2) is 8.42 Å². The van der Waals surface area contributed by atoms with Gasteiger partial charge in [0, 0.05) is 23.2 Å². The Hall–Kier alpha value is -2.10. The molecular weight excluding hydrogens is 561 g/mol. The molecule has 2 aromatic carbocycles. The van der Waals surface area contributed by atoms with Crippen molar-refractivity contribution in [1.29, 1.82) is 0 Å². The molecule has 1 aliphatic rings. The number of anilines is 1. The van der Waals surface area contributed by atoms with Crippen LogP contribution in [0.25, 0.3) is 0 Å². The summed E-state index contributed by atoms with van der Waals surface area (Å²) in [5, 5.41) is 8.59. The molecule has 1 aliphatic carbocycles. The summed E-state index contributed by atoms with van der Waals surface area (Å²) in [6.07, 6.45) is 4.41. The SMILES string of the molecule is CN(C)C(c1cccs1)C1CCC(CNC(=O)c2ccccc2NCS(=O)(=O)c2ccc(Cl)c(Cl)c2)CC1. The summed E-state index contributed by atoms with van der Waals surface area (Å²) in [4.78, 5) is 16.9. The van der Waals surface area contributed by atoms with E-state index in [-0.39, 0.29) is 26.7 Å². The Morgan fingerprint density at radius 3 is 2.42 bits per heavy atom. The van der Waals surface area contributed by atoms with Gasteiger partial charge in [-0.2, -0.15) is 0 Å². The number of halogens is 2. The van der Waals surface area contributed by atoms with Gasteiger partial charge >= 0.3 is 0 Å². The van der Waals surface area contributed by atoms with E-state index in [1.165, 1.54) is 23.1 Å². The van der Waals surface area contributed by atoms with Crippen molar-refractivity contribution in [3.8, 4) is 0 Å². The lowest BCUT2D eigenvalue weighted by Gasteiger charge is -2.37. The van der Waals surface area contributed by atoms with Gasteiger partial charge in [0.25, 0.3) is 5.91 Å². The Morgan fingerprint density at radius 2 is 1.76 bits per heavy atom. The van der Waals surface area contributed by atoms with Crippen LogP contribution < -0.4 is 10.6 Å². The normalized spacial score (nSPS) is 18.8. The van der Waals surface area contributed by atoms with Gasteiger partial charge < -0.3 is 15.5 Å².